The summed E-state index contributed by atoms with van der Waals surface area (Å²) in [6.07, 6.45) is -12.0. The van der Waals surface area contributed by atoms with Gasteiger partial charge >= 0.3 is 12.4 Å². The molecule has 2 aromatic carbocycles. The fourth-order valence-corrected chi connectivity index (χ4v) is 3.05. The minimum atomic E-state index is -6.00. The van der Waals surface area contributed by atoms with Gasteiger partial charge in [0.05, 0.1) is 22.5 Å². The summed E-state index contributed by atoms with van der Waals surface area (Å²) >= 11 is 5.82. The van der Waals surface area contributed by atoms with Crippen LogP contribution < -0.4 is 5.56 Å². The molecule has 0 saturated heterocycles. The van der Waals surface area contributed by atoms with E-state index in [-0.39, 0.29) is 22.8 Å². The van der Waals surface area contributed by atoms with E-state index in [1.54, 1.807) is 18.2 Å². The van der Waals surface area contributed by atoms with E-state index < -0.39 is 29.1 Å². The van der Waals surface area contributed by atoms with Gasteiger partial charge in [-0.3, -0.25) is 9.36 Å². The Morgan fingerprint density at radius 1 is 0.931 bits per heavy atom. The average molecular weight is 437 g/mol. The van der Waals surface area contributed by atoms with Crippen LogP contribution in [0.4, 0.5) is 26.3 Å². The highest BCUT2D eigenvalue weighted by Gasteiger charge is 2.71. The van der Waals surface area contributed by atoms with Gasteiger partial charge < -0.3 is 5.11 Å². The van der Waals surface area contributed by atoms with Crippen LogP contribution in [0, 0.1) is 0 Å². The molecule has 1 aromatic heterocycles. The smallest absolute Gasteiger partial charge is 0.369 e. The van der Waals surface area contributed by atoms with E-state index >= 15 is 0 Å². The predicted molar refractivity (Wildman–Crippen MR) is 92.9 cm³/mol. The maximum Gasteiger partial charge on any atom is 0.430 e. The van der Waals surface area contributed by atoms with Crippen LogP contribution in [0.2, 0.25) is 0 Å². The van der Waals surface area contributed by atoms with Gasteiger partial charge in [-0.05, 0) is 24.3 Å². The maximum atomic E-state index is 13.0. The second kappa shape index (κ2) is 7.03. The Balaban J connectivity index is 2.19. The first-order valence-corrected chi connectivity index (χ1v) is 8.48. The molecule has 11 heteroatoms. The quantitative estimate of drug-likeness (QED) is 0.488. The molecular formula is C18H11ClF6N2O2. The zero-order chi connectivity index (χ0) is 21.6. The van der Waals surface area contributed by atoms with Crippen molar-refractivity contribution in [2.45, 2.75) is 23.8 Å². The van der Waals surface area contributed by atoms with Gasteiger partial charge in [-0.1, -0.05) is 24.3 Å². The maximum absolute atomic E-state index is 13.0. The fraction of sp³-hybridized carbons (Fsp3) is 0.222. The lowest BCUT2D eigenvalue weighted by atomic mass is 9.92. The summed E-state index contributed by atoms with van der Waals surface area (Å²) < 4.78 is 79.1. The van der Waals surface area contributed by atoms with Crippen LogP contribution in [-0.2, 0) is 11.5 Å². The summed E-state index contributed by atoms with van der Waals surface area (Å²) in [7, 11) is 0. The van der Waals surface area contributed by atoms with Gasteiger partial charge in [0, 0.05) is 5.56 Å². The summed E-state index contributed by atoms with van der Waals surface area (Å²) in [6, 6.07) is 8.86. The highest BCUT2D eigenvalue weighted by molar-refractivity contribution is 6.16. The molecule has 3 aromatic rings. The third-order valence-electron chi connectivity index (χ3n) is 4.33. The van der Waals surface area contributed by atoms with Crippen LogP contribution in [0.3, 0.4) is 0 Å². The Labute approximate surface area is 164 Å². The van der Waals surface area contributed by atoms with Crippen molar-refractivity contribution in [3.8, 4) is 5.69 Å². The van der Waals surface area contributed by atoms with Crippen LogP contribution in [0.15, 0.2) is 53.3 Å². The van der Waals surface area contributed by atoms with Crippen molar-refractivity contribution in [3.63, 3.8) is 0 Å². The van der Waals surface area contributed by atoms with Gasteiger partial charge in [0.15, 0.2) is 0 Å². The summed E-state index contributed by atoms with van der Waals surface area (Å²) in [4.78, 5) is 17.0. The second-order valence-electron chi connectivity index (χ2n) is 6.07. The number of hydrogen-bond donors (Lipinski definition) is 1. The second-order valence-corrected chi connectivity index (χ2v) is 6.34. The van der Waals surface area contributed by atoms with Crippen LogP contribution in [-0.4, -0.2) is 27.0 Å². The van der Waals surface area contributed by atoms with Crippen molar-refractivity contribution in [2.24, 2.45) is 0 Å². The molecule has 0 atom stereocenters. The van der Waals surface area contributed by atoms with Crippen LogP contribution in [0.5, 0.6) is 0 Å². The van der Waals surface area contributed by atoms with Crippen LogP contribution >= 0.6 is 11.6 Å². The SMILES string of the molecule is O=c1c2ccccc2nc(CCl)n1-c1ccc(C(O)(C(F)(F)F)C(F)(F)F)cc1. The number of rotatable bonds is 3. The summed E-state index contributed by atoms with van der Waals surface area (Å²) in [5.41, 5.74) is -6.80. The molecule has 0 amide bonds. The largest absolute Gasteiger partial charge is 0.430 e. The van der Waals surface area contributed by atoms with E-state index in [1.807, 2.05) is 0 Å². The Hall–Kier alpha value is -2.59. The lowest BCUT2D eigenvalue weighted by molar-refractivity contribution is -0.376. The summed E-state index contributed by atoms with van der Waals surface area (Å²) in [5, 5.41) is 9.65. The normalized spacial score (nSPS) is 13.1. The minimum absolute atomic E-state index is 0.0463. The Morgan fingerprint density at radius 2 is 1.48 bits per heavy atom. The molecule has 1 heterocycles. The monoisotopic (exact) mass is 436 g/mol. The van der Waals surface area contributed by atoms with E-state index in [0.717, 1.165) is 16.7 Å². The van der Waals surface area contributed by atoms with Crippen LogP contribution in [0.25, 0.3) is 16.6 Å². The molecule has 0 unspecified atom stereocenters. The fourth-order valence-electron chi connectivity index (χ4n) is 2.87. The number of aromatic nitrogens is 2. The lowest BCUT2D eigenvalue weighted by Crippen LogP contribution is -2.53. The molecule has 4 nitrogen and oxygen atoms in total. The first kappa shape index (κ1) is 21.1. The summed E-state index contributed by atoms with van der Waals surface area (Å²) in [6.45, 7) is 0. The molecule has 0 saturated carbocycles. The van der Waals surface area contributed by atoms with Crippen molar-refractivity contribution < 1.29 is 31.4 Å². The Bertz CT molecular complexity index is 1090. The third-order valence-corrected chi connectivity index (χ3v) is 4.57. The molecule has 0 aliphatic rings. The molecule has 0 radical (unpaired) electrons. The molecule has 0 fully saturated rings. The number of para-hydroxylation sites is 1. The van der Waals surface area contributed by atoms with E-state index in [0.29, 0.717) is 17.6 Å². The number of halogens is 7. The first-order chi connectivity index (χ1) is 13.4. The molecule has 0 aliphatic heterocycles. The standard InChI is InChI=1S/C18H11ClF6N2O2/c19-9-14-26-13-4-2-1-3-12(13)15(28)27(14)11-7-5-10(6-8-11)16(29,17(20,21)22)18(23,24)25/h1-8,29H,9H2. The molecule has 0 bridgehead atoms. The number of nitrogens with zero attached hydrogens (tertiary/aromatic N) is 2. The van der Waals surface area contributed by atoms with Crippen molar-refractivity contribution in [2.75, 3.05) is 0 Å². The van der Waals surface area contributed by atoms with E-state index in [1.165, 1.54) is 6.07 Å². The predicted octanol–water partition coefficient (Wildman–Crippen LogP) is 4.44. The van der Waals surface area contributed by atoms with Gasteiger partial charge in [0.2, 0.25) is 0 Å². The average Bonchev–Trinajstić information content (AvgIpc) is 2.65. The van der Waals surface area contributed by atoms with Gasteiger partial charge in [-0.25, -0.2) is 4.98 Å². The lowest BCUT2D eigenvalue weighted by Gasteiger charge is -2.32. The number of alkyl halides is 7. The van der Waals surface area contributed by atoms with Crippen molar-refractivity contribution in [1.29, 1.82) is 0 Å². The summed E-state index contributed by atoms with van der Waals surface area (Å²) in [5.74, 6) is -0.193. The molecule has 1 N–H and O–H groups in total. The zero-order valence-corrected chi connectivity index (χ0v) is 15.0. The number of aliphatic hydroxyl groups is 1. The first-order valence-electron chi connectivity index (χ1n) is 7.95. The third kappa shape index (κ3) is 3.36. The molecule has 29 heavy (non-hydrogen) atoms. The molecule has 0 spiro atoms. The van der Waals surface area contributed by atoms with Gasteiger partial charge in [-0.2, -0.15) is 26.3 Å². The number of hydrogen-bond acceptors (Lipinski definition) is 3. The number of benzene rings is 2. The molecule has 0 aliphatic carbocycles. The number of fused-ring (bicyclic) bond motifs is 1. The topological polar surface area (TPSA) is 55.1 Å². The van der Waals surface area contributed by atoms with Gasteiger partial charge in [0.1, 0.15) is 5.82 Å². The molecule has 154 valence electrons. The van der Waals surface area contributed by atoms with Crippen molar-refractivity contribution in [1.82, 2.24) is 9.55 Å². The van der Waals surface area contributed by atoms with E-state index in [2.05, 4.69) is 4.98 Å². The molecular weight excluding hydrogens is 426 g/mol. The zero-order valence-electron chi connectivity index (χ0n) is 14.2. The highest BCUT2D eigenvalue weighted by atomic mass is 35.5. The van der Waals surface area contributed by atoms with Gasteiger partial charge in [0.25, 0.3) is 11.2 Å². The highest BCUT2D eigenvalue weighted by Crippen LogP contribution is 2.50. The molecule has 3 rings (SSSR count). The van der Waals surface area contributed by atoms with Gasteiger partial charge in [-0.15, -0.1) is 11.6 Å². The van der Waals surface area contributed by atoms with Crippen LogP contribution in [0.1, 0.15) is 11.4 Å². The van der Waals surface area contributed by atoms with E-state index in [4.69, 9.17) is 11.6 Å². The van der Waals surface area contributed by atoms with Crippen molar-refractivity contribution >= 4 is 22.5 Å². The minimum Gasteiger partial charge on any atom is -0.369 e. The Morgan fingerprint density at radius 3 is 2.00 bits per heavy atom. The van der Waals surface area contributed by atoms with E-state index in [9.17, 15) is 36.2 Å². The van der Waals surface area contributed by atoms with Crippen molar-refractivity contribution in [3.05, 3.63) is 70.3 Å². The Kier molecular flexibility index (Phi) is 5.12.